The number of hydrogen-bond acceptors (Lipinski definition) is 3. The molecular weight excluding hydrogens is 276 g/mol. The van der Waals surface area contributed by atoms with Crippen LogP contribution in [0, 0.1) is 17.2 Å². The molecule has 4 heteroatoms. The summed E-state index contributed by atoms with van der Waals surface area (Å²) >= 11 is 0. The van der Waals surface area contributed by atoms with Gasteiger partial charge in [-0.25, -0.2) is 0 Å². The first-order chi connectivity index (χ1) is 10.6. The van der Waals surface area contributed by atoms with Crippen molar-refractivity contribution in [2.75, 3.05) is 6.61 Å². The zero-order valence-corrected chi connectivity index (χ0v) is 12.5. The van der Waals surface area contributed by atoms with Gasteiger partial charge in [0.15, 0.2) is 6.61 Å². The van der Waals surface area contributed by atoms with Crippen LogP contribution in [0.15, 0.2) is 42.5 Å². The third-order valence-corrected chi connectivity index (χ3v) is 4.13. The van der Waals surface area contributed by atoms with E-state index in [4.69, 9.17) is 4.74 Å². The highest BCUT2D eigenvalue weighted by molar-refractivity contribution is 5.88. The third kappa shape index (κ3) is 2.89. The minimum absolute atomic E-state index is 0.0853. The molecule has 1 aliphatic carbocycles. The first-order valence-corrected chi connectivity index (χ1v) is 7.45. The van der Waals surface area contributed by atoms with Gasteiger partial charge in [0.1, 0.15) is 11.3 Å². The fourth-order valence-electron chi connectivity index (χ4n) is 2.67. The average Bonchev–Trinajstić information content (AvgIpc) is 3.38. The van der Waals surface area contributed by atoms with Crippen molar-refractivity contribution in [3.8, 4) is 11.8 Å². The van der Waals surface area contributed by atoms with Crippen molar-refractivity contribution in [1.29, 1.82) is 5.26 Å². The Morgan fingerprint density at radius 1 is 1.32 bits per heavy atom. The maximum absolute atomic E-state index is 12.1. The number of rotatable bonds is 5. The molecule has 1 atom stereocenters. The van der Waals surface area contributed by atoms with Crippen molar-refractivity contribution >= 4 is 16.7 Å². The molecule has 112 valence electrons. The van der Waals surface area contributed by atoms with E-state index in [1.807, 2.05) is 42.5 Å². The minimum atomic E-state index is -0.779. The maximum atomic E-state index is 12.1. The number of nitrogens with zero attached hydrogens (tertiary/aromatic N) is 1. The van der Waals surface area contributed by atoms with Gasteiger partial charge in [0, 0.05) is 5.39 Å². The molecule has 0 spiro atoms. The molecule has 0 saturated heterocycles. The van der Waals surface area contributed by atoms with E-state index in [0.717, 1.165) is 23.6 Å². The molecule has 1 fully saturated rings. The lowest BCUT2D eigenvalue weighted by molar-refractivity contribution is -0.124. The van der Waals surface area contributed by atoms with Crippen LogP contribution in [0.25, 0.3) is 10.8 Å². The summed E-state index contributed by atoms with van der Waals surface area (Å²) in [5, 5.41) is 14.1. The fraction of sp³-hybridized carbons (Fsp3) is 0.333. The van der Waals surface area contributed by atoms with Gasteiger partial charge in [0.2, 0.25) is 0 Å². The first kappa shape index (κ1) is 14.4. The maximum Gasteiger partial charge on any atom is 0.259 e. The van der Waals surface area contributed by atoms with Crippen LogP contribution in [0.5, 0.6) is 5.75 Å². The summed E-state index contributed by atoms with van der Waals surface area (Å²) in [6.07, 6.45) is 1.99. The molecule has 22 heavy (non-hydrogen) atoms. The average molecular weight is 294 g/mol. The van der Waals surface area contributed by atoms with Crippen molar-refractivity contribution in [3.05, 3.63) is 42.5 Å². The summed E-state index contributed by atoms with van der Waals surface area (Å²) in [5.41, 5.74) is -0.779. The Labute approximate surface area is 129 Å². The minimum Gasteiger partial charge on any atom is -0.483 e. The Morgan fingerprint density at radius 2 is 2.05 bits per heavy atom. The molecule has 0 aliphatic heterocycles. The zero-order valence-electron chi connectivity index (χ0n) is 12.5. The summed E-state index contributed by atoms with van der Waals surface area (Å²) < 4.78 is 5.65. The Balaban J connectivity index is 1.67. The quantitative estimate of drug-likeness (QED) is 0.922. The standard InChI is InChI=1S/C18H18N2O2/c1-18(12-19,14-9-10-14)20-17(21)11-22-16-8-4-6-13-5-2-3-7-15(13)16/h2-8,14H,9-11H2,1H3,(H,20,21)/t18-/m0/s1. The van der Waals surface area contributed by atoms with Crippen LogP contribution in [-0.4, -0.2) is 18.1 Å². The molecule has 1 N–H and O–H groups in total. The normalized spacial score (nSPS) is 16.5. The predicted molar refractivity (Wildman–Crippen MR) is 84.3 cm³/mol. The highest BCUT2D eigenvalue weighted by Gasteiger charge is 2.43. The molecule has 0 bridgehead atoms. The first-order valence-electron chi connectivity index (χ1n) is 7.45. The van der Waals surface area contributed by atoms with Crippen LogP contribution in [0.3, 0.4) is 0 Å². The molecule has 1 saturated carbocycles. The summed E-state index contributed by atoms with van der Waals surface area (Å²) in [6, 6.07) is 15.8. The number of fused-ring (bicyclic) bond motifs is 1. The number of nitriles is 1. The van der Waals surface area contributed by atoms with Gasteiger partial charge in [-0.05, 0) is 37.1 Å². The Hall–Kier alpha value is -2.54. The van der Waals surface area contributed by atoms with E-state index in [2.05, 4.69) is 11.4 Å². The molecule has 4 nitrogen and oxygen atoms in total. The molecule has 1 aliphatic rings. The van der Waals surface area contributed by atoms with E-state index in [-0.39, 0.29) is 18.4 Å². The zero-order chi connectivity index (χ0) is 15.6. The number of amides is 1. The Morgan fingerprint density at radius 3 is 2.77 bits per heavy atom. The summed E-state index contributed by atoms with van der Waals surface area (Å²) in [4.78, 5) is 12.1. The van der Waals surface area contributed by atoms with E-state index in [0.29, 0.717) is 5.75 Å². The van der Waals surface area contributed by atoms with Crippen LogP contribution >= 0.6 is 0 Å². The van der Waals surface area contributed by atoms with Crippen LogP contribution in [0.2, 0.25) is 0 Å². The van der Waals surface area contributed by atoms with Crippen molar-refractivity contribution in [2.24, 2.45) is 5.92 Å². The number of benzene rings is 2. The Kier molecular flexibility index (Phi) is 3.72. The molecule has 2 aromatic rings. The molecule has 0 heterocycles. The smallest absolute Gasteiger partial charge is 0.259 e. The number of carbonyl (C=O) groups excluding carboxylic acids is 1. The molecule has 0 unspecified atom stereocenters. The van der Waals surface area contributed by atoms with E-state index in [9.17, 15) is 10.1 Å². The second kappa shape index (κ2) is 5.69. The molecule has 2 aromatic carbocycles. The van der Waals surface area contributed by atoms with E-state index in [1.165, 1.54) is 0 Å². The van der Waals surface area contributed by atoms with Crippen LogP contribution in [0.1, 0.15) is 19.8 Å². The second-order valence-electron chi connectivity index (χ2n) is 5.90. The van der Waals surface area contributed by atoms with Crippen LogP contribution < -0.4 is 10.1 Å². The van der Waals surface area contributed by atoms with Crippen molar-refractivity contribution < 1.29 is 9.53 Å². The van der Waals surface area contributed by atoms with Gasteiger partial charge in [-0.15, -0.1) is 0 Å². The van der Waals surface area contributed by atoms with Gasteiger partial charge < -0.3 is 10.1 Å². The van der Waals surface area contributed by atoms with Crippen molar-refractivity contribution in [3.63, 3.8) is 0 Å². The number of nitrogens with one attached hydrogen (secondary N) is 1. The lowest BCUT2D eigenvalue weighted by Gasteiger charge is -2.22. The van der Waals surface area contributed by atoms with Gasteiger partial charge in [-0.1, -0.05) is 36.4 Å². The van der Waals surface area contributed by atoms with Crippen molar-refractivity contribution in [1.82, 2.24) is 5.32 Å². The van der Waals surface area contributed by atoms with E-state index >= 15 is 0 Å². The molecular formula is C18H18N2O2. The van der Waals surface area contributed by atoms with Gasteiger partial charge in [-0.2, -0.15) is 5.26 Å². The molecule has 3 rings (SSSR count). The highest BCUT2D eigenvalue weighted by Crippen LogP contribution is 2.39. The van der Waals surface area contributed by atoms with Gasteiger partial charge >= 0.3 is 0 Å². The van der Waals surface area contributed by atoms with Crippen molar-refractivity contribution in [2.45, 2.75) is 25.3 Å². The number of hydrogen-bond donors (Lipinski definition) is 1. The summed E-state index contributed by atoms with van der Waals surface area (Å²) in [7, 11) is 0. The molecule has 0 radical (unpaired) electrons. The number of ether oxygens (including phenoxy) is 1. The predicted octanol–water partition coefficient (Wildman–Crippen LogP) is 3.03. The van der Waals surface area contributed by atoms with E-state index in [1.54, 1.807) is 6.92 Å². The second-order valence-corrected chi connectivity index (χ2v) is 5.90. The SMILES string of the molecule is C[C@@](C#N)(NC(=O)COc1cccc2ccccc12)C1CC1. The van der Waals surface area contributed by atoms with Crippen LogP contribution in [0.4, 0.5) is 0 Å². The molecule has 1 amide bonds. The monoisotopic (exact) mass is 294 g/mol. The third-order valence-electron chi connectivity index (χ3n) is 4.13. The topological polar surface area (TPSA) is 62.1 Å². The Bertz CT molecular complexity index is 741. The van der Waals surface area contributed by atoms with Crippen LogP contribution in [-0.2, 0) is 4.79 Å². The molecule has 0 aromatic heterocycles. The fourth-order valence-corrected chi connectivity index (χ4v) is 2.67. The van der Waals surface area contributed by atoms with Gasteiger partial charge in [0.25, 0.3) is 5.91 Å². The lowest BCUT2D eigenvalue weighted by atomic mass is 9.98. The summed E-state index contributed by atoms with van der Waals surface area (Å²) in [6.45, 7) is 1.69. The largest absolute Gasteiger partial charge is 0.483 e. The number of carbonyl (C=O) groups is 1. The lowest BCUT2D eigenvalue weighted by Crippen LogP contribution is -2.48. The van der Waals surface area contributed by atoms with E-state index < -0.39 is 5.54 Å². The van der Waals surface area contributed by atoms with Gasteiger partial charge in [-0.3, -0.25) is 4.79 Å². The summed E-state index contributed by atoms with van der Waals surface area (Å²) in [5.74, 6) is 0.682. The van der Waals surface area contributed by atoms with Gasteiger partial charge in [0.05, 0.1) is 6.07 Å². The highest BCUT2D eigenvalue weighted by atomic mass is 16.5.